The average Bonchev–Trinajstić information content (AvgIpc) is 3.22. The summed E-state index contributed by atoms with van der Waals surface area (Å²) in [7, 11) is 4.87. The first-order chi connectivity index (χ1) is 15.2. The van der Waals surface area contributed by atoms with Crippen molar-refractivity contribution in [3.63, 3.8) is 0 Å². The van der Waals surface area contributed by atoms with Crippen LogP contribution in [0.15, 0.2) is 48.7 Å². The van der Waals surface area contributed by atoms with E-state index >= 15 is 0 Å². The number of aromatic nitrogens is 1. The molecule has 0 bridgehead atoms. The number of hydrogen-bond acceptors (Lipinski definition) is 5. The molecule has 0 unspecified atom stereocenters. The fraction of sp³-hybridized carbons (Fsp3) is 0.375. The van der Waals surface area contributed by atoms with Crippen LogP contribution in [0.1, 0.15) is 11.1 Å². The first kappa shape index (κ1) is 22.7. The van der Waals surface area contributed by atoms with E-state index in [2.05, 4.69) is 22.4 Å². The molecule has 7 nitrogen and oxygen atoms in total. The Morgan fingerprint density at radius 1 is 1.06 bits per heavy atom. The third kappa shape index (κ3) is 5.99. The number of nitrogens with zero attached hydrogens (tertiary/aromatic N) is 1. The number of ether oxygens (including phenoxy) is 3. The van der Waals surface area contributed by atoms with E-state index in [-0.39, 0.29) is 12.5 Å². The van der Waals surface area contributed by atoms with Crippen LogP contribution in [0.3, 0.4) is 0 Å². The molecular formula is C24H31N3O4. The van der Waals surface area contributed by atoms with Gasteiger partial charge in [0.25, 0.3) is 0 Å². The van der Waals surface area contributed by atoms with Gasteiger partial charge in [-0.25, -0.2) is 0 Å². The molecule has 0 aliphatic carbocycles. The number of nitrogens with one attached hydrogen (secondary N) is 2. The second-order valence-electron chi connectivity index (χ2n) is 7.28. The number of carbonyl (C=O) groups excluding carboxylic acids is 1. The third-order valence-electron chi connectivity index (χ3n) is 5.26. The Balaban J connectivity index is 1.73. The quantitative estimate of drug-likeness (QED) is 0.437. The molecule has 2 N–H and O–H groups in total. The Kier molecular flexibility index (Phi) is 8.32. The molecular weight excluding hydrogens is 394 g/mol. The molecule has 0 fully saturated rings. The summed E-state index contributed by atoms with van der Waals surface area (Å²) in [6.45, 7) is 2.58. The Hall–Kier alpha value is -3.03. The van der Waals surface area contributed by atoms with Crippen molar-refractivity contribution in [2.24, 2.45) is 0 Å². The van der Waals surface area contributed by atoms with Crippen LogP contribution in [0.2, 0.25) is 0 Å². The van der Waals surface area contributed by atoms with E-state index in [1.165, 1.54) is 10.9 Å². The number of hydrogen-bond donors (Lipinski definition) is 2. The summed E-state index contributed by atoms with van der Waals surface area (Å²) in [4.78, 5) is 18.2. The zero-order valence-corrected chi connectivity index (χ0v) is 18.4. The number of benzene rings is 2. The fourth-order valence-corrected chi connectivity index (χ4v) is 3.57. The zero-order chi connectivity index (χ0) is 22.1. The highest BCUT2D eigenvalue weighted by Crippen LogP contribution is 2.28. The van der Waals surface area contributed by atoms with Crippen molar-refractivity contribution in [2.45, 2.75) is 13.0 Å². The number of carbonyl (C=O) groups is 1. The fourth-order valence-electron chi connectivity index (χ4n) is 3.57. The summed E-state index contributed by atoms with van der Waals surface area (Å²) in [5, 5.41) is 4.34. The van der Waals surface area contributed by atoms with E-state index in [0.717, 1.165) is 17.5 Å². The van der Waals surface area contributed by atoms with E-state index < -0.39 is 0 Å². The van der Waals surface area contributed by atoms with Crippen molar-refractivity contribution in [1.82, 2.24) is 15.2 Å². The van der Waals surface area contributed by atoms with Crippen LogP contribution >= 0.6 is 0 Å². The highest BCUT2D eigenvalue weighted by Gasteiger charge is 2.16. The van der Waals surface area contributed by atoms with Crippen molar-refractivity contribution < 1.29 is 19.0 Å². The number of amides is 1. The molecule has 1 aromatic heterocycles. The van der Waals surface area contributed by atoms with Gasteiger partial charge in [0.15, 0.2) is 11.5 Å². The lowest BCUT2D eigenvalue weighted by Gasteiger charge is -2.24. The molecule has 0 saturated heterocycles. The van der Waals surface area contributed by atoms with Crippen molar-refractivity contribution in [1.29, 1.82) is 0 Å². The van der Waals surface area contributed by atoms with Gasteiger partial charge in [0.05, 0.1) is 27.4 Å². The van der Waals surface area contributed by atoms with E-state index in [9.17, 15) is 4.79 Å². The first-order valence-corrected chi connectivity index (χ1v) is 10.4. The molecule has 1 amide bonds. The number of fused-ring (bicyclic) bond motifs is 1. The van der Waals surface area contributed by atoms with Gasteiger partial charge in [-0.3, -0.25) is 4.79 Å². The van der Waals surface area contributed by atoms with Gasteiger partial charge in [0.1, 0.15) is 0 Å². The summed E-state index contributed by atoms with van der Waals surface area (Å²) in [6.07, 6.45) is 2.79. The number of rotatable bonds is 12. The highest BCUT2D eigenvalue weighted by molar-refractivity contribution is 5.83. The van der Waals surface area contributed by atoms with Crippen LogP contribution in [0.4, 0.5) is 0 Å². The summed E-state index contributed by atoms with van der Waals surface area (Å²) in [5.74, 6) is 1.37. The Morgan fingerprint density at radius 3 is 2.65 bits per heavy atom. The molecule has 3 rings (SSSR count). The van der Waals surface area contributed by atoms with Crippen molar-refractivity contribution in [2.75, 3.05) is 47.6 Å². The molecule has 0 aliphatic heterocycles. The molecule has 1 heterocycles. The van der Waals surface area contributed by atoms with Crippen LogP contribution in [0.5, 0.6) is 11.5 Å². The maximum atomic E-state index is 13.0. The predicted octanol–water partition coefficient (Wildman–Crippen LogP) is 2.99. The minimum Gasteiger partial charge on any atom is -0.493 e. The number of methoxy groups -OCH3 is 3. The third-order valence-corrected chi connectivity index (χ3v) is 5.26. The number of aromatic amines is 1. The van der Waals surface area contributed by atoms with Crippen molar-refractivity contribution >= 4 is 16.8 Å². The summed E-state index contributed by atoms with van der Waals surface area (Å²) >= 11 is 0. The lowest BCUT2D eigenvalue weighted by atomic mass is 10.1. The van der Waals surface area contributed by atoms with Gasteiger partial charge in [-0.1, -0.05) is 24.3 Å². The molecule has 2 aromatic carbocycles. The minimum absolute atomic E-state index is 0.0470. The van der Waals surface area contributed by atoms with Gasteiger partial charge in [0.2, 0.25) is 5.91 Å². The standard InChI is InChI=1S/C24H31N3O4/c1-29-13-11-25-16-24(28)27(17-18-8-9-22(30-2)23(14-18)31-3)12-10-19-15-26-21-7-5-4-6-20(19)21/h4-9,14-15,25-26H,10-13,16-17H2,1-3H3. The highest BCUT2D eigenvalue weighted by atomic mass is 16.5. The minimum atomic E-state index is 0.0470. The van der Waals surface area contributed by atoms with Crippen LogP contribution in [0, 0.1) is 0 Å². The molecule has 0 spiro atoms. The second kappa shape index (κ2) is 11.4. The molecule has 31 heavy (non-hydrogen) atoms. The van der Waals surface area contributed by atoms with Crippen molar-refractivity contribution in [3.8, 4) is 11.5 Å². The monoisotopic (exact) mass is 425 g/mol. The van der Waals surface area contributed by atoms with Crippen molar-refractivity contribution in [3.05, 3.63) is 59.8 Å². The van der Waals surface area contributed by atoms with Gasteiger partial charge in [-0.15, -0.1) is 0 Å². The topological polar surface area (TPSA) is 75.8 Å². The van der Waals surface area contributed by atoms with E-state index in [4.69, 9.17) is 14.2 Å². The summed E-state index contributed by atoms with van der Waals surface area (Å²) in [5.41, 5.74) is 3.30. The predicted molar refractivity (Wildman–Crippen MR) is 122 cm³/mol. The molecule has 7 heteroatoms. The SMILES string of the molecule is COCCNCC(=O)N(CCc1c[nH]c2ccccc12)Cc1ccc(OC)c(OC)c1. The lowest BCUT2D eigenvalue weighted by molar-refractivity contribution is -0.130. The van der Waals surface area contributed by atoms with Gasteiger partial charge in [0, 0.05) is 43.8 Å². The second-order valence-corrected chi connectivity index (χ2v) is 7.28. The zero-order valence-electron chi connectivity index (χ0n) is 18.4. The lowest BCUT2D eigenvalue weighted by Crippen LogP contribution is -2.39. The van der Waals surface area contributed by atoms with Gasteiger partial charge >= 0.3 is 0 Å². The smallest absolute Gasteiger partial charge is 0.236 e. The Bertz CT molecular complexity index is 986. The summed E-state index contributed by atoms with van der Waals surface area (Å²) in [6, 6.07) is 14.0. The van der Waals surface area contributed by atoms with E-state index in [1.54, 1.807) is 21.3 Å². The molecule has 0 atom stereocenters. The molecule has 166 valence electrons. The van der Waals surface area contributed by atoms with Gasteiger partial charge < -0.3 is 29.4 Å². The normalized spacial score (nSPS) is 10.9. The summed E-state index contributed by atoms with van der Waals surface area (Å²) < 4.78 is 15.8. The number of H-pyrrole nitrogens is 1. The van der Waals surface area contributed by atoms with Crippen LogP contribution in [-0.2, 0) is 22.5 Å². The van der Waals surface area contributed by atoms with E-state index in [1.807, 2.05) is 41.4 Å². The van der Waals surface area contributed by atoms with E-state index in [0.29, 0.717) is 37.7 Å². The van der Waals surface area contributed by atoms with Gasteiger partial charge in [-0.05, 0) is 35.7 Å². The molecule has 0 saturated carbocycles. The van der Waals surface area contributed by atoms with Crippen LogP contribution in [0.25, 0.3) is 10.9 Å². The van der Waals surface area contributed by atoms with Gasteiger partial charge in [-0.2, -0.15) is 0 Å². The first-order valence-electron chi connectivity index (χ1n) is 10.4. The molecule has 0 aliphatic rings. The maximum Gasteiger partial charge on any atom is 0.236 e. The van der Waals surface area contributed by atoms with Crippen LogP contribution < -0.4 is 14.8 Å². The number of para-hydroxylation sites is 1. The molecule has 3 aromatic rings. The largest absolute Gasteiger partial charge is 0.493 e. The Morgan fingerprint density at radius 2 is 1.87 bits per heavy atom. The van der Waals surface area contributed by atoms with Crippen LogP contribution in [-0.4, -0.2) is 63.4 Å². The average molecular weight is 426 g/mol. The maximum absolute atomic E-state index is 13.0. The Labute approximate surface area is 183 Å². The molecule has 0 radical (unpaired) electrons.